The Morgan fingerprint density at radius 2 is 1.68 bits per heavy atom. The second kappa shape index (κ2) is 7.85. The minimum absolute atomic E-state index is 0.0254. The molecule has 138 valence electrons. The number of carbonyl (C=O) groups is 2. The monoisotopic (exact) mass is 376 g/mol. The minimum Gasteiger partial charge on any atom is -0.351 e. The molecule has 0 aliphatic carbocycles. The van der Waals surface area contributed by atoms with Gasteiger partial charge in [0.15, 0.2) is 4.90 Å². The van der Waals surface area contributed by atoms with E-state index < -0.39 is 38.5 Å². The van der Waals surface area contributed by atoms with Gasteiger partial charge in [0.2, 0.25) is 15.9 Å². The van der Waals surface area contributed by atoms with Gasteiger partial charge >= 0.3 is 6.03 Å². The molecule has 3 amide bonds. The Balaban J connectivity index is 1.95. The topological polar surface area (TPSA) is 113 Å². The van der Waals surface area contributed by atoms with Gasteiger partial charge in [-0.25, -0.2) is 22.0 Å². The molecule has 1 aliphatic rings. The van der Waals surface area contributed by atoms with Crippen molar-refractivity contribution in [2.45, 2.75) is 11.3 Å². The number of primary amides is 1. The predicted molar refractivity (Wildman–Crippen MR) is 83.9 cm³/mol. The number of rotatable bonds is 5. The number of benzene rings is 1. The van der Waals surface area contributed by atoms with Crippen LogP contribution in [0.4, 0.5) is 13.6 Å². The van der Waals surface area contributed by atoms with E-state index in [1.807, 2.05) is 10.2 Å². The smallest absolute Gasteiger partial charge is 0.318 e. The Kier molecular flexibility index (Phi) is 6.03. The van der Waals surface area contributed by atoms with E-state index in [1.165, 1.54) is 0 Å². The first-order chi connectivity index (χ1) is 11.7. The maximum absolute atomic E-state index is 13.8. The van der Waals surface area contributed by atoms with Crippen LogP contribution in [0.3, 0.4) is 0 Å². The van der Waals surface area contributed by atoms with Gasteiger partial charge in [0, 0.05) is 39.1 Å². The van der Waals surface area contributed by atoms with Gasteiger partial charge in [-0.1, -0.05) is 6.07 Å². The summed E-state index contributed by atoms with van der Waals surface area (Å²) < 4.78 is 53.4. The van der Waals surface area contributed by atoms with E-state index in [-0.39, 0.29) is 19.5 Å². The highest BCUT2D eigenvalue weighted by Gasteiger charge is 2.33. The molecule has 2 rings (SSSR count). The van der Waals surface area contributed by atoms with E-state index in [9.17, 15) is 26.8 Å². The number of nitrogens with zero attached hydrogens (tertiary/aromatic N) is 2. The van der Waals surface area contributed by atoms with Crippen molar-refractivity contribution in [3.8, 4) is 0 Å². The number of halogens is 2. The third kappa shape index (κ3) is 4.71. The van der Waals surface area contributed by atoms with Gasteiger partial charge in [-0.2, -0.15) is 4.31 Å². The summed E-state index contributed by atoms with van der Waals surface area (Å²) in [7, 11) is -4.28. The van der Waals surface area contributed by atoms with Crippen LogP contribution in [-0.2, 0) is 14.8 Å². The standard InChI is InChI=1S/C14H18F2N4O4S/c15-10-2-1-3-11(16)13(10)25(23,24)20-8-6-19(7-9-20)5-4-12(21)18-14(17)22/h1-3H,4-9H2,(H3,17,18,21,22). The molecular formula is C14H18F2N4O4S. The summed E-state index contributed by atoms with van der Waals surface area (Å²) in [6.45, 7) is 0.959. The zero-order valence-electron chi connectivity index (χ0n) is 13.2. The van der Waals surface area contributed by atoms with Gasteiger partial charge in [0.25, 0.3) is 0 Å². The molecule has 1 heterocycles. The van der Waals surface area contributed by atoms with Crippen molar-refractivity contribution in [1.29, 1.82) is 0 Å². The van der Waals surface area contributed by atoms with Crippen molar-refractivity contribution < 1.29 is 26.8 Å². The van der Waals surface area contributed by atoms with Crippen molar-refractivity contribution in [3.05, 3.63) is 29.8 Å². The maximum Gasteiger partial charge on any atom is 0.318 e. The van der Waals surface area contributed by atoms with Crippen molar-refractivity contribution >= 4 is 22.0 Å². The Hall–Kier alpha value is -2.11. The van der Waals surface area contributed by atoms with Crippen LogP contribution < -0.4 is 11.1 Å². The molecular weight excluding hydrogens is 358 g/mol. The maximum atomic E-state index is 13.8. The first kappa shape index (κ1) is 19.2. The number of amides is 3. The summed E-state index contributed by atoms with van der Waals surface area (Å²) in [5.74, 6) is -2.80. The Morgan fingerprint density at radius 1 is 1.12 bits per heavy atom. The molecule has 11 heteroatoms. The van der Waals surface area contributed by atoms with E-state index in [2.05, 4.69) is 0 Å². The van der Waals surface area contributed by atoms with E-state index in [0.29, 0.717) is 19.6 Å². The Bertz CT molecular complexity index is 744. The van der Waals surface area contributed by atoms with Crippen LogP contribution in [0.1, 0.15) is 6.42 Å². The number of hydrogen-bond donors (Lipinski definition) is 2. The van der Waals surface area contributed by atoms with Gasteiger partial charge in [0.05, 0.1) is 0 Å². The van der Waals surface area contributed by atoms with Crippen molar-refractivity contribution in [3.63, 3.8) is 0 Å². The van der Waals surface area contributed by atoms with Crippen LogP contribution in [0.5, 0.6) is 0 Å². The largest absolute Gasteiger partial charge is 0.351 e. The SMILES string of the molecule is NC(=O)NC(=O)CCN1CCN(S(=O)(=O)c2c(F)cccc2F)CC1. The van der Waals surface area contributed by atoms with Crippen LogP contribution in [-0.4, -0.2) is 62.3 Å². The van der Waals surface area contributed by atoms with Crippen LogP contribution in [0.15, 0.2) is 23.1 Å². The Morgan fingerprint density at radius 3 is 2.20 bits per heavy atom. The predicted octanol–water partition coefficient (Wildman–Crippen LogP) is -0.144. The first-order valence-corrected chi connectivity index (χ1v) is 8.91. The quantitative estimate of drug-likeness (QED) is 0.743. The van der Waals surface area contributed by atoms with Gasteiger partial charge in [-0.15, -0.1) is 0 Å². The molecule has 1 fully saturated rings. The summed E-state index contributed by atoms with van der Waals surface area (Å²) in [6, 6.07) is 1.94. The number of nitrogens with two attached hydrogens (primary N) is 1. The fraction of sp³-hybridized carbons (Fsp3) is 0.429. The van der Waals surface area contributed by atoms with Gasteiger partial charge in [-0.3, -0.25) is 10.1 Å². The van der Waals surface area contributed by atoms with Crippen LogP contribution >= 0.6 is 0 Å². The van der Waals surface area contributed by atoms with E-state index >= 15 is 0 Å². The third-order valence-electron chi connectivity index (χ3n) is 3.77. The third-order valence-corrected chi connectivity index (χ3v) is 5.72. The molecule has 0 spiro atoms. The highest BCUT2D eigenvalue weighted by atomic mass is 32.2. The lowest BCUT2D eigenvalue weighted by Crippen LogP contribution is -2.49. The molecule has 0 atom stereocenters. The molecule has 0 radical (unpaired) electrons. The summed E-state index contributed by atoms with van der Waals surface area (Å²) in [6.07, 6.45) is 0.0254. The molecule has 0 unspecified atom stereocenters. The van der Waals surface area contributed by atoms with E-state index in [0.717, 1.165) is 22.5 Å². The zero-order chi connectivity index (χ0) is 18.6. The highest BCUT2D eigenvalue weighted by Crippen LogP contribution is 2.23. The molecule has 0 aromatic heterocycles. The second-order valence-corrected chi connectivity index (χ2v) is 7.33. The first-order valence-electron chi connectivity index (χ1n) is 7.47. The van der Waals surface area contributed by atoms with Crippen molar-refractivity contribution in [1.82, 2.24) is 14.5 Å². The minimum atomic E-state index is -4.28. The fourth-order valence-electron chi connectivity index (χ4n) is 2.51. The lowest BCUT2D eigenvalue weighted by atomic mass is 10.3. The zero-order valence-corrected chi connectivity index (χ0v) is 14.1. The van der Waals surface area contributed by atoms with Crippen molar-refractivity contribution in [2.75, 3.05) is 32.7 Å². The Labute approximate surface area is 143 Å². The number of imide groups is 1. The number of hydrogen-bond acceptors (Lipinski definition) is 5. The molecule has 8 nitrogen and oxygen atoms in total. The average molecular weight is 376 g/mol. The summed E-state index contributed by atoms with van der Waals surface area (Å²) >= 11 is 0. The molecule has 25 heavy (non-hydrogen) atoms. The second-order valence-electron chi connectivity index (χ2n) is 5.46. The normalized spacial score (nSPS) is 16.6. The lowest BCUT2D eigenvalue weighted by molar-refractivity contribution is -0.120. The van der Waals surface area contributed by atoms with E-state index in [1.54, 1.807) is 0 Å². The number of piperazine rings is 1. The summed E-state index contributed by atoms with van der Waals surface area (Å²) in [4.78, 5) is 22.8. The van der Waals surface area contributed by atoms with Crippen LogP contribution in [0.25, 0.3) is 0 Å². The fourth-order valence-corrected chi connectivity index (χ4v) is 4.04. The van der Waals surface area contributed by atoms with Crippen LogP contribution in [0.2, 0.25) is 0 Å². The van der Waals surface area contributed by atoms with Gasteiger partial charge in [0.1, 0.15) is 11.6 Å². The number of nitrogens with one attached hydrogen (secondary N) is 1. The van der Waals surface area contributed by atoms with Crippen LogP contribution in [0, 0.1) is 11.6 Å². The number of sulfonamides is 1. The number of carbonyl (C=O) groups excluding carboxylic acids is 2. The molecule has 1 aromatic carbocycles. The molecule has 1 aromatic rings. The lowest BCUT2D eigenvalue weighted by Gasteiger charge is -2.33. The molecule has 1 saturated heterocycles. The highest BCUT2D eigenvalue weighted by molar-refractivity contribution is 7.89. The molecule has 0 bridgehead atoms. The van der Waals surface area contributed by atoms with E-state index in [4.69, 9.17) is 5.73 Å². The summed E-state index contributed by atoms with van der Waals surface area (Å²) in [5.41, 5.74) is 4.83. The van der Waals surface area contributed by atoms with Crippen molar-refractivity contribution in [2.24, 2.45) is 5.73 Å². The van der Waals surface area contributed by atoms with Gasteiger partial charge in [-0.05, 0) is 12.1 Å². The molecule has 3 N–H and O–H groups in total. The average Bonchev–Trinajstić information content (AvgIpc) is 2.52. The molecule has 0 saturated carbocycles. The number of urea groups is 1. The summed E-state index contributed by atoms with van der Waals surface area (Å²) in [5, 5.41) is 1.93. The van der Waals surface area contributed by atoms with Gasteiger partial charge < -0.3 is 10.6 Å². The molecule has 1 aliphatic heterocycles.